The second-order valence-electron chi connectivity index (χ2n) is 7.40. The molecule has 5 nitrogen and oxygen atoms in total. The summed E-state index contributed by atoms with van der Waals surface area (Å²) < 4.78 is 2.22. The van der Waals surface area contributed by atoms with Gasteiger partial charge in [-0.05, 0) is 31.4 Å². The van der Waals surface area contributed by atoms with Gasteiger partial charge in [0.15, 0.2) is 5.16 Å². The third kappa shape index (κ3) is 5.49. The number of aromatic nitrogens is 2. The van der Waals surface area contributed by atoms with Crippen molar-refractivity contribution in [2.75, 3.05) is 5.75 Å². The van der Waals surface area contributed by atoms with E-state index in [0.717, 1.165) is 29.2 Å². The summed E-state index contributed by atoms with van der Waals surface area (Å²) in [6.07, 6.45) is 4.75. The van der Waals surface area contributed by atoms with Crippen molar-refractivity contribution in [2.24, 2.45) is 5.92 Å². The second-order valence-corrected chi connectivity index (χ2v) is 8.34. The van der Waals surface area contributed by atoms with Crippen molar-refractivity contribution in [3.05, 3.63) is 24.3 Å². The minimum absolute atomic E-state index is 0.0413. The minimum atomic E-state index is -0.849. The van der Waals surface area contributed by atoms with Gasteiger partial charge in [-0.15, -0.1) is 0 Å². The number of hydrogen-bond acceptors (Lipinski definition) is 4. The number of thioether (sulfide) groups is 1. The third-order valence-electron chi connectivity index (χ3n) is 4.97. The number of nitrogens with one attached hydrogen (secondary N) is 1. The van der Waals surface area contributed by atoms with Gasteiger partial charge in [0.25, 0.3) is 0 Å². The zero-order chi connectivity index (χ0) is 19.9. The van der Waals surface area contributed by atoms with E-state index < -0.39 is 5.54 Å². The Hall–Kier alpha value is -2.00. The quantitative estimate of drug-likeness (QED) is 0.472. The number of benzene rings is 1. The lowest BCUT2D eigenvalue weighted by atomic mass is 9.90. The molecule has 0 spiro atoms. The number of aryl methyl sites for hydroxylation is 1. The lowest BCUT2D eigenvalue weighted by Crippen LogP contribution is -2.49. The third-order valence-corrected chi connectivity index (χ3v) is 5.95. The van der Waals surface area contributed by atoms with Gasteiger partial charge >= 0.3 is 0 Å². The molecule has 0 saturated heterocycles. The summed E-state index contributed by atoms with van der Waals surface area (Å²) >= 11 is 1.44. The predicted octanol–water partition coefficient (Wildman–Crippen LogP) is 4.76. The van der Waals surface area contributed by atoms with E-state index in [0.29, 0.717) is 0 Å². The summed E-state index contributed by atoms with van der Waals surface area (Å²) in [4.78, 5) is 17.1. The molecule has 1 aromatic heterocycles. The molecule has 0 unspecified atom stereocenters. The maximum absolute atomic E-state index is 12.4. The van der Waals surface area contributed by atoms with Crippen LogP contribution in [-0.2, 0) is 11.3 Å². The fraction of sp³-hybridized carbons (Fsp3) is 0.571. The highest BCUT2D eigenvalue weighted by atomic mass is 32.2. The SMILES string of the molecule is CCCCCCn1c(SCC(=O)N[C@](C)(C#N)C(C)C)nc2ccccc21. The van der Waals surface area contributed by atoms with Gasteiger partial charge in [-0.3, -0.25) is 4.79 Å². The molecule has 0 saturated carbocycles. The Labute approximate surface area is 166 Å². The Bertz CT molecular complexity index is 808. The predicted molar refractivity (Wildman–Crippen MR) is 112 cm³/mol. The smallest absolute Gasteiger partial charge is 0.231 e. The summed E-state index contributed by atoms with van der Waals surface area (Å²) in [5.74, 6) is 0.157. The molecule has 1 heterocycles. The molecule has 0 aliphatic carbocycles. The number of nitriles is 1. The molecule has 27 heavy (non-hydrogen) atoms. The molecule has 0 bridgehead atoms. The minimum Gasteiger partial charge on any atom is -0.337 e. The van der Waals surface area contributed by atoms with E-state index >= 15 is 0 Å². The van der Waals surface area contributed by atoms with Gasteiger partial charge in [0.2, 0.25) is 5.91 Å². The molecule has 2 aromatic rings. The van der Waals surface area contributed by atoms with Crippen molar-refractivity contribution in [1.82, 2.24) is 14.9 Å². The Morgan fingerprint density at radius 2 is 2.07 bits per heavy atom. The van der Waals surface area contributed by atoms with E-state index in [4.69, 9.17) is 4.98 Å². The zero-order valence-corrected chi connectivity index (χ0v) is 17.6. The highest BCUT2D eigenvalue weighted by Crippen LogP contribution is 2.25. The van der Waals surface area contributed by atoms with E-state index in [1.807, 2.05) is 32.0 Å². The Morgan fingerprint density at radius 3 is 2.74 bits per heavy atom. The van der Waals surface area contributed by atoms with Crippen LogP contribution in [0.5, 0.6) is 0 Å². The largest absolute Gasteiger partial charge is 0.337 e. The molecular weight excluding hydrogens is 356 g/mol. The van der Waals surface area contributed by atoms with Crippen molar-refractivity contribution in [3.8, 4) is 6.07 Å². The number of nitrogens with zero attached hydrogens (tertiary/aromatic N) is 3. The number of rotatable bonds is 10. The van der Waals surface area contributed by atoms with Crippen molar-refractivity contribution >= 4 is 28.7 Å². The molecule has 146 valence electrons. The second kappa shape index (κ2) is 9.80. The van der Waals surface area contributed by atoms with Crippen LogP contribution in [0.25, 0.3) is 11.0 Å². The van der Waals surface area contributed by atoms with Crippen molar-refractivity contribution in [2.45, 2.75) is 70.6 Å². The van der Waals surface area contributed by atoms with Gasteiger partial charge in [-0.2, -0.15) is 5.26 Å². The summed E-state index contributed by atoms with van der Waals surface area (Å²) in [6.45, 7) is 8.76. The van der Waals surface area contributed by atoms with Crippen LogP contribution < -0.4 is 5.32 Å². The maximum atomic E-state index is 12.4. The number of imidazole rings is 1. The van der Waals surface area contributed by atoms with Gasteiger partial charge in [-0.25, -0.2) is 4.98 Å². The molecule has 0 radical (unpaired) electrons. The van der Waals surface area contributed by atoms with Crippen LogP contribution in [0.2, 0.25) is 0 Å². The molecule has 6 heteroatoms. The lowest BCUT2D eigenvalue weighted by molar-refractivity contribution is -0.120. The number of carbonyl (C=O) groups excluding carboxylic acids is 1. The van der Waals surface area contributed by atoms with Gasteiger partial charge in [0.05, 0.1) is 22.9 Å². The fourth-order valence-corrected chi connectivity index (χ4v) is 3.67. The van der Waals surface area contributed by atoms with Gasteiger partial charge < -0.3 is 9.88 Å². The first kappa shape index (κ1) is 21.3. The van der Waals surface area contributed by atoms with E-state index in [9.17, 15) is 10.1 Å². The molecule has 0 aliphatic heterocycles. The highest BCUT2D eigenvalue weighted by molar-refractivity contribution is 7.99. The normalized spacial score (nSPS) is 13.5. The summed E-state index contributed by atoms with van der Waals surface area (Å²) in [5, 5.41) is 13.1. The first-order valence-corrected chi connectivity index (χ1v) is 10.7. The van der Waals surface area contributed by atoms with Crippen LogP contribution >= 0.6 is 11.8 Å². The molecule has 2 rings (SSSR count). The first-order valence-electron chi connectivity index (χ1n) is 9.71. The first-order chi connectivity index (χ1) is 12.9. The fourth-order valence-electron chi connectivity index (χ4n) is 2.83. The molecule has 1 aromatic carbocycles. The maximum Gasteiger partial charge on any atom is 0.231 e. The van der Waals surface area contributed by atoms with Crippen molar-refractivity contribution in [1.29, 1.82) is 5.26 Å². The highest BCUT2D eigenvalue weighted by Gasteiger charge is 2.30. The van der Waals surface area contributed by atoms with Crippen molar-refractivity contribution < 1.29 is 4.79 Å². The van der Waals surface area contributed by atoms with Gasteiger partial charge in [0, 0.05) is 6.54 Å². The Kier molecular flexibility index (Phi) is 7.73. The number of hydrogen-bond donors (Lipinski definition) is 1. The Morgan fingerprint density at radius 1 is 1.33 bits per heavy atom. The van der Waals surface area contributed by atoms with Gasteiger partial charge in [0.1, 0.15) is 5.54 Å². The number of fused-ring (bicyclic) bond motifs is 1. The standard InChI is InChI=1S/C21H30N4OS/c1-5-6-7-10-13-25-18-12-9-8-11-17(18)23-20(25)27-14-19(26)24-21(4,15-22)16(2)3/h8-9,11-12,16H,5-7,10,13-14H2,1-4H3,(H,24,26)/t21-/m1/s1. The van der Waals surface area contributed by atoms with Crippen LogP contribution in [0.15, 0.2) is 29.4 Å². The summed E-state index contributed by atoms with van der Waals surface area (Å²) in [5.41, 5.74) is 1.22. The van der Waals surface area contributed by atoms with Crippen LogP contribution in [0.3, 0.4) is 0 Å². The monoisotopic (exact) mass is 386 g/mol. The molecule has 1 N–H and O–H groups in total. The molecule has 1 amide bonds. The van der Waals surface area contributed by atoms with Crippen LogP contribution in [0.4, 0.5) is 0 Å². The van der Waals surface area contributed by atoms with E-state index in [-0.39, 0.29) is 17.6 Å². The average molecular weight is 387 g/mol. The van der Waals surface area contributed by atoms with E-state index in [1.54, 1.807) is 6.92 Å². The zero-order valence-electron chi connectivity index (χ0n) is 16.8. The van der Waals surface area contributed by atoms with Crippen LogP contribution in [-0.4, -0.2) is 26.8 Å². The Balaban J connectivity index is 2.09. The number of amides is 1. The number of para-hydroxylation sites is 2. The van der Waals surface area contributed by atoms with Crippen molar-refractivity contribution in [3.63, 3.8) is 0 Å². The van der Waals surface area contributed by atoms with Gasteiger partial charge in [-0.1, -0.05) is 63.9 Å². The molecule has 0 fully saturated rings. The van der Waals surface area contributed by atoms with E-state index in [1.165, 1.54) is 31.0 Å². The van der Waals surface area contributed by atoms with Crippen LogP contribution in [0.1, 0.15) is 53.4 Å². The number of carbonyl (C=O) groups is 1. The summed E-state index contributed by atoms with van der Waals surface area (Å²) in [6, 6.07) is 10.3. The lowest BCUT2D eigenvalue weighted by Gasteiger charge is -2.27. The van der Waals surface area contributed by atoms with Crippen LogP contribution in [0, 0.1) is 17.2 Å². The topological polar surface area (TPSA) is 70.7 Å². The average Bonchev–Trinajstić information content (AvgIpc) is 3.01. The summed E-state index contributed by atoms with van der Waals surface area (Å²) in [7, 11) is 0. The number of unbranched alkanes of at least 4 members (excludes halogenated alkanes) is 3. The molecule has 1 atom stereocenters. The van der Waals surface area contributed by atoms with E-state index in [2.05, 4.69) is 28.9 Å². The molecule has 0 aliphatic rings. The molecular formula is C21H30N4OS.